The predicted octanol–water partition coefficient (Wildman–Crippen LogP) is 0.873. The van der Waals surface area contributed by atoms with E-state index in [1.807, 2.05) is 7.05 Å². The Morgan fingerprint density at radius 3 is 3.00 bits per heavy atom. The summed E-state index contributed by atoms with van der Waals surface area (Å²) >= 11 is 5.94. The number of halogens is 1. The molecule has 0 aromatic carbocycles. The summed E-state index contributed by atoms with van der Waals surface area (Å²) in [4.78, 5) is 17.6. The molecule has 2 rings (SSSR count). The smallest absolute Gasteiger partial charge is 0.272 e. The molecule has 76 valence electrons. The van der Waals surface area contributed by atoms with Gasteiger partial charge in [0.2, 0.25) is 0 Å². The maximum absolute atomic E-state index is 11.9. The third-order valence-corrected chi connectivity index (χ3v) is 2.81. The van der Waals surface area contributed by atoms with E-state index in [2.05, 4.69) is 4.98 Å². The fraction of sp³-hybridized carbons (Fsp3) is 0.556. The molecule has 0 spiro atoms. The van der Waals surface area contributed by atoms with Gasteiger partial charge in [-0.2, -0.15) is 0 Å². The molecule has 14 heavy (non-hydrogen) atoms. The second-order valence-corrected chi connectivity index (χ2v) is 4.14. The second-order valence-electron chi connectivity index (χ2n) is 3.53. The molecule has 1 fully saturated rings. The summed E-state index contributed by atoms with van der Waals surface area (Å²) in [7, 11) is 1.81. The second kappa shape index (κ2) is 3.61. The molecular weight excluding hydrogens is 202 g/mol. The van der Waals surface area contributed by atoms with Gasteiger partial charge in [0.15, 0.2) is 0 Å². The topological polar surface area (TPSA) is 38.1 Å². The van der Waals surface area contributed by atoms with Crippen LogP contribution in [-0.4, -0.2) is 38.8 Å². The van der Waals surface area contributed by atoms with Crippen LogP contribution in [0.5, 0.6) is 0 Å². The van der Waals surface area contributed by atoms with Crippen LogP contribution in [0.4, 0.5) is 0 Å². The molecule has 1 saturated heterocycles. The first-order valence-corrected chi connectivity index (χ1v) is 5.02. The molecule has 0 aliphatic carbocycles. The Bertz CT molecular complexity index is 350. The van der Waals surface area contributed by atoms with Crippen LogP contribution in [0.15, 0.2) is 12.5 Å². The van der Waals surface area contributed by atoms with Gasteiger partial charge >= 0.3 is 0 Å². The van der Waals surface area contributed by atoms with Gasteiger partial charge in [0.05, 0.1) is 17.9 Å². The lowest BCUT2D eigenvalue weighted by atomic mass is 10.4. The normalized spacial score (nSPS) is 21.6. The summed E-state index contributed by atoms with van der Waals surface area (Å²) in [6, 6.07) is 0. The Balaban J connectivity index is 2.13. The van der Waals surface area contributed by atoms with Crippen LogP contribution in [0, 0.1) is 0 Å². The van der Waals surface area contributed by atoms with Crippen molar-refractivity contribution in [1.29, 1.82) is 0 Å². The first kappa shape index (κ1) is 9.52. The van der Waals surface area contributed by atoms with Crippen LogP contribution in [-0.2, 0) is 7.05 Å². The molecule has 1 aromatic rings. The van der Waals surface area contributed by atoms with Gasteiger partial charge in [-0.15, -0.1) is 11.6 Å². The zero-order chi connectivity index (χ0) is 10.1. The molecule has 1 unspecified atom stereocenters. The number of hydrogen-bond donors (Lipinski definition) is 0. The Kier molecular flexibility index (Phi) is 2.46. The van der Waals surface area contributed by atoms with Crippen molar-refractivity contribution in [2.45, 2.75) is 11.8 Å². The molecular formula is C9H12ClN3O. The third kappa shape index (κ3) is 1.62. The van der Waals surface area contributed by atoms with Crippen molar-refractivity contribution >= 4 is 17.5 Å². The number of likely N-dealkylation sites (tertiary alicyclic amines) is 1. The average molecular weight is 214 g/mol. The third-order valence-electron chi connectivity index (χ3n) is 2.45. The van der Waals surface area contributed by atoms with Gasteiger partial charge in [-0.3, -0.25) is 4.79 Å². The van der Waals surface area contributed by atoms with Gasteiger partial charge in [0, 0.05) is 20.1 Å². The number of aromatic nitrogens is 2. The number of aryl methyl sites for hydroxylation is 1. The predicted molar refractivity (Wildman–Crippen MR) is 53.4 cm³/mol. The van der Waals surface area contributed by atoms with Gasteiger partial charge in [0.25, 0.3) is 5.91 Å². The van der Waals surface area contributed by atoms with E-state index in [0.29, 0.717) is 12.2 Å². The van der Waals surface area contributed by atoms with Crippen LogP contribution in [0.1, 0.15) is 16.9 Å². The highest BCUT2D eigenvalue weighted by atomic mass is 35.5. The number of alkyl halides is 1. The van der Waals surface area contributed by atoms with Gasteiger partial charge in [-0.25, -0.2) is 4.98 Å². The maximum Gasteiger partial charge on any atom is 0.272 e. The van der Waals surface area contributed by atoms with Crippen molar-refractivity contribution in [3.05, 3.63) is 18.2 Å². The highest BCUT2D eigenvalue weighted by Gasteiger charge is 2.26. The van der Waals surface area contributed by atoms with Crippen LogP contribution in [0.2, 0.25) is 0 Å². The zero-order valence-corrected chi connectivity index (χ0v) is 8.74. The molecule has 1 aliphatic heterocycles. The number of carbonyl (C=O) groups is 1. The minimum absolute atomic E-state index is 0.0214. The summed E-state index contributed by atoms with van der Waals surface area (Å²) in [5, 5.41) is 0.104. The summed E-state index contributed by atoms with van der Waals surface area (Å²) in [5.41, 5.74) is 0.621. The lowest BCUT2D eigenvalue weighted by Gasteiger charge is -2.15. The molecule has 1 amide bonds. The number of imidazole rings is 1. The monoisotopic (exact) mass is 213 g/mol. The fourth-order valence-corrected chi connectivity index (χ4v) is 1.89. The highest BCUT2D eigenvalue weighted by Crippen LogP contribution is 2.16. The van der Waals surface area contributed by atoms with E-state index in [0.717, 1.165) is 13.0 Å². The average Bonchev–Trinajstić information content (AvgIpc) is 2.73. The number of hydrogen-bond acceptors (Lipinski definition) is 2. The van der Waals surface area contributed by atoms with Crippen molar-refractivity contribution in [2.24, 2.45) is 7.05 Å². The molecule has 1 atom stereocenters. The summed E-state index contributed by atoms with van der Waals surface area (Å²) in [5.74, 6) is 0.0214. The number of amides is 1. The van der Waals surface area contributed by atoms with E-state index in [-0.39, 0.29) is 11.3 Å². The van der Waals surface area contributed by atoms with Gasteiger partial charge in [0.1, 0.15) is 5.69 Å². The molecule has 1 aromatic heterocycles. The molecule has 2 heterocycles. The number of carbonyl (C=O) groups excluding carboxylic acids is 1. The zero-order valence-electron chi connectivity index (χ0n) is 7.98. The standard InChI is InChI=1S/C9H12ClN3O/c1-12-6-11-4-8(12)9(14)13-3-2-7(10)5-13/h4,6-7H,2-3,5H2,1H3. The minimum Gasteiger partial charge on any atom is -0.336 e. The lowest BCUT2D eigenvalue weighted by molar-refractivity contribution is 0.0783. The van der Waals surface area contributed by atoms with E-state index in [1.165, 1.54) is 0 Å². The van der Waals surface area contributed by atoms with Crippen molar-refractivity contribution in [1.82, 2.24) is 14.5 Å². The van der Waals surface area contributed by atoms with Gasteiger partial charge in [-0.05, 0) is 6.42 Å². The molecule has 0 radical (unpaired) electrons. The SMILES string of the molecule is Cn1cncc1C(=O)N1CCC(Cl)C1. The lowest BCUT2D eigenvalue weighted by Crippen LogP contribution is -2.30. The Morgan fingerprint density at radius 2 is 2.50 bits per heavy atom. The quantitative estimate of drug-likeness (QED) is 0.650. The van der Waals surface area contributed by atoms with Crippen LogP contribution in [0.25, 0.3) is 0 Å². The van der Waals surface area contributed by atoms with Crippen molar-refractivity contribution in [3.8, 4) is 0 Å². The maximum atomic E-state index is 11.9. The van der Waals surface area contributed by atoms with E-state index >= 15 is 0 Å². The van der Waals surface area contributed by atoms with Crippen LogP contribution in [0.3, 0.4) is 0 Å². The van der Waals surface area contributed by atoms with Crippen LogP contribution < -0.4 is 0 Å². The largest absolute Gasteiger partial charge is 0.336 e. The van der Waals surface area contributed by atoms with E-state index < -0.39 is 0 Å². The molecule has 1 aliphatic rings. The molecule has 0 saturated carbocycles. The number of rotatable bonds is 1. The van der Waals surface area contributed by atoms with E-state index in [9.17, 15) is 4.79 Å². The van der Waals surface area contributed by atoms with Crippen molar-refractivity contribution in [2.75, 3.05) is 13.1 Å². The molecule has 0 bridgehead atoms. The summed E-state index contributed by atoms with van der Waals surface area (Å²) < 4.78 is 1.73. The summed E-state index contributed by atoms with van der Waals surface area (Å²) in [6.45, 7) is 1.39. The van der Waals surface area contributed by atoms with E-state index in [4.69, 9.17) is 11.6 Å². The molecule has 4 nitrogen and oxygen atoms in total. The van der Waals surface area contributed by atoms with Gasteiger partial charge < -0.3 is 9.47 Å². The van der Waals surface area contributed by atoms with Crippen molar-refractivity contribution < 1.29 is 4.79 Å². The first-order valence-electron chi connectivity index (χ1n) is 4.58. The van der Waals surface area contributed by atoms with Crippen LogP contribution >= 0.6 is 11.6 Å². The first-order chi connectivity index (χ1) is 6.68. The number of nitrogens with zero attached hydrogens (tertiary/aromatic N) is 3. The Labute approximate surface area is 87.5 Å². The Morgan fingerprint density at radius 1 is 1.71 bits per heavy atom. The van der Waals surface area contributed by atoms with E-state index in [1.54, 1.807) is 22.0 Å². The van der Waals surface area contributed by atoms with Gasteiger partial charge in [-0.1, -0.05) is 0 Å². The minimum atomic E-state index is 0.0214. The highest BCUT2D eigenvalue weighted by molar-refractivity contribution is 6.21. The van der Waals surface area contributed by atoms with Crippen molar-refractivity contribution in [3.63, 3.8) is 0 Å². The summed E-state index contributed by atoms with van der Waals surface area (Å²) in [6.07, 6.45) is 4.09. The molecule has 5 heteroatoms. The fourth-order valence-electron chi connectivity index (χ4n) is 1.63. The molecule has 0 N–H and O–H groups in total. The Hall–Kier alpha value is -1.03.